The predicted molar refractivity (Wildman–Crippen MR) is 51.7 cm³/mol. The Hall–Kier alpha value is -1.42. The van der Waals surface area contributed by atoms with E-state index in [1.165, 1.54) is 0 Å². The molecule has 0 fully saturated rings. The van der Waals surface area contributed by atoms with Crippen molar-refractivity contribution in [1.29, 1.82) is 0 Å². The Morgan fingerprint density at radius 1 is 1.57 bits per heavy atom. The molecule has 1 aromatic rings. The van der Waals surface area contributed by atoms with Crippen LogP contribution in [0.2, 0.25) is 0 Å². The van der Waals surface area contributed by atoms with Crippen LogP contribution in [0.3, 0.4) is 0 Å². The quantitative estimate of drug-likeness (QED) is 0.706. The van der Waals surface area contributed by atoms with E-state index in [0.29, 0.717) is 23.7 Å². The molecule has 1 aliphatic heterocycles. The Balaban J connectivity index is 2.51. The number of benzene rings is 1. The van der Waals surface area contributed by atoms with Gasteiger partial charge in [-0.2, -0.15) is 0 Å². The second-order valence-corrected chi connectivity index (χ2v) is 3.30. The second-order valence-electron chi connectivity index (χ2n) is 3.30. The Morgan fingerprint density at radius 3 is 3.07 bits per heavy atom. The van der Waals surface area contributed by atoms with Crippen molar-refractivity contribution >= 4 is 0 Å². The molecule has 1 atom stereocenters. The lowest BCUT2D eigenvalue weighted by Gasteiger charge is -2.24. The molecule has 0 amide bonds. The van der Waals surface area contributed by atoms with Gasteiger partial charge < -0.3 is 20.3 Å². The zero-order chi connectivity index (χ0) is 10.1. The summed E-state index contributed by atoms with van der Waals surface area (Å²) in [7, 11) is 1.55. The van der Waals surface area contributed by atoms with Gasteiger partial charge >= 0.3 is 0 Å². The van der Waals surface area contributed by atoms with Crippen LogP contribution in [0, 0.1) is 0 Å². The van der Waals surface area contributed by atoms with Gasteiger partial charge in [0, 0.05) is 24.6 Å². The Labute approximate surface area is 82.2 Å². The van der Waals surface area contributed by atoms with Gasteiger partial charge in [0.05, 0.1) is 19.3 Å². The number of aromatic hydroxyl groups is 1. The molecule has 2 rings (SSSR count). The van der Waals surface area contributed by atoms with E-state index in [2.05, 4.69) is 0 Å². The number of hydrogen-bond donors (Lipinski definition) is 2. The van der Waals surface area contributed by atoms with Crippen molar-refractivity contribution in [2.24, 2.45) is 5.73 Å². The summed E-state index contributed by atoms with van der Waals surface area (Å²) in [5.74, 6) is 1.35. The first kappa shape index (κ1) is 9.15. The predicted octanol–water partition coefficient (Wildman–Crippen LogP) is 1.18. The molecule has 1 heterocycles. The van der Waals surface area contributed by atoms with E-state index in [-0.39, 0.29) is 11.8 Å². The summed E-state index contributed by atoms with van der Waals surface area (Å²) in [6, 6.07) is 3.14. The molecule has 4 nitrogen and oxygen atoms in total. The number of nitrogens with two attached hydrogens (primary N) is 1. The summed E-state index contributed by atoms with van der Waals surface area (Å²) in [6.07, 6.45) is 0.729. The minimum atomic E-state index is -0.148. The zero-order valence-corrected chi connectivity index (χ0v) is 7.99. The number of ether oxygens (including phenoxy) is 2. The fourth-order valence-corrected chi connectivity index (χ4v) is 1.64. The van der Waals surface area contributed by atoms with Gasteiger partial charge in [0.2, 0.25) is 0 Å². The molecule has 1 aliphatic rings. The molecular formula is C10H13NO3. The standard InChI is InChI=1S/C10H13NO3/c1-13-6-4-8(12)10-7(11)2-3-14-9(10)5-6/h4-5,7,12H,2-3,11H2,1H3/t7-/m1/s1. The molecule has 0 aromatic heterocycles. The molecule has 0 unspecified atom stereocenters. The van der Waals surface area contributed by atoms with Crippen molar-refractivity contribution in [2.75, 3.05) is 13.7 Å². The third-order valence-corrected chi connectivity index (χ3v) is 2.39. The van der Waals surface area contributed by atoms with Gasteiger partial charge in [-0.25, -0.2) is 0 Å². The molecule has 0 radical (unpaired) electrons. The Bertz CT molecular complexity index is 351. The third kappa shape index (κ3) is 1.37. The summed E-state index contributed by atoms with van der Waals surface area (Å²) in [5, 5.41) is 9.70. The van der Waals surface area contributed by atoms with Crippen LogP contribution < -0.4 is 15.2 Å². The van der Waals surface area contributed by atoms with Crippen LogP contribution in [0.4, 0.5) is 0 Å². The maximum absolute atomic E-state index is 9.70. The topological polar surface area (TPSA) is 64.7 Å². The highest BCUT2D eigenvalue weighted by Crippen LogP contribution is 2.40. The Morgan fingerprint density at radius 2 is 2.36 bits per heavy atom. The van der Waals surface area contributed by atoms with Gasteiger partial charge in [-0.1, -0.05) is 0 Å². The van der Waals surface area contributed by atoms with E-state index in [1.807, 2.05) is 0 Å². The van der Waals surface area contributed by atoms with Crippen molar-refractivity contribution in [3.63, 3.8) is 0 Å². The summed E-state index contributed by atoms with van der Waals surface area (Å²) >= 11 is 0. The lowest BCUT2D eigenvalue weighted by molar-refractivity contribution is 0.261. The van der Waals surface area contributed by atoms with Crippen LogP contribution in [0.15, 0.2) is 12.1 Å². The molecule has 14 heavy (non-hydrogen) atoms. The van der Waals surface area contributed by atoms with Gasteiger partial charge in [0.25, 0.3) is 0 Å². The first-order chi connectivity index (χ1) is 6.72. The van der Waals surface area contributed by atoms with Gasteiger partial charge in [0.1, 0.15) is 17.2 Å². The van der Waals surface area contributed by atoms with Crippen molar-refractivity contribution < 1.29 is 14.6 Å². The highest BCUT2D eigenvalue weighted by atomic mass is 16.5. The van der Waals surface area contributed by atoms with Gasteiger partial charge in [0.15, 0.2) is 0 Å². The molecular weight excluding hydrogens is 182 g/mol. The zero-order valence-electron chi connectivity index (χ0n) is 7.99. The van der Waals surface area contributed by atoms with E-state index in [0.717, 1.165) is 6.42 Å². The van der Waals surface area contributed by atoms with Gasteiger partial charge in [-0.15, -0.1) is 0 Å². The number of rotatable bonds is 1. The van der Waals surface area contributed by atoms with Crippen LogP contribution in [-0.4, -0.2) is 18.8 Å². The average Bonchev–Trinajstić information content (AvgIpc) is 2.17. The Kier molecular flexibility index (Phi) is 2.21. The molecule has 0 saturated heterocycles. The van der Waals surface area contributed by atoms with E-state index >= 15 is 0 Å². The highest BCUT2D eigenvalue weighted by molar-refractivity contribution is 5.52. The van der Waals surface area contributed by atoms with E-state index < -0.39 is 0 Å². The molecule has 4 heteroatoms. The minimum absolute atomic E-state index is 0.145. The SMILES string of the molecule is COc1cc(O)c2c(c1)OCC[C@H]2N. The molecule has 0 saturated carbocycles. The number of hydrogen-bond acceptors (Lipinski definition) is 4. The number of fused-ring (bicyclic) bond motifs is 1. The fraction of sp³-hybridized carbons (Fsp3) is 0.400. The van der Waals surface area contributed by atoms with Crippen LogP contribution in [0.25, 0.3) is 0 Å². The molecule has 1 aromatic carbocycles. The van der Waals surface area contributed by atoms with E-state index in [9.17, 15) is 5.11 Å². The summed E-state index contributed by atoms with van der Waals surface area (Å²) < 4.78 is 10.4. The van der Waals surface area contributed by atoms with Crippen LogP contribution in [-0.2, 0) is 0 Å². The van der Waals surface area contributed by atoms with Crippen molar-refractivity contribution in [3.8, 4) is 17.2 Å². The van der Waals surface area contributed by atoms with Crippen LogP contribution in [0.1, 0.15) is 18.0 Å². The maximum Gasteiger partial charge on any atom is 0.131 e. The molecule has 76 valence electrons. The summed E-state index contributed by atoms with van der Waals surface area (Å²) in [6.45, 7) is 0.584. The number of phenols is 1. The van der Waals surface area contributed by atoms with Crippen molar-refractivity contribution in [3.05, 3.63) is 17.7 Å². The van der Waals surface area contributed by atoms with E-state index in [4.69, 9.17) is 15.2 Å². The molecule has 0 aliphatic carbocycles. The minimum Gasteiger partial charge on any atom is -0.507 e. The largest absolute Gasteiger partial charge is 0.507 e. The smallest absolute Gasteiger partial charge is 0.131 e. The van der Waals surface area contributed by atoms with Gasteiger partial charge in [-0.3, -0.25) is 0 Å². The van der Waals surface area contributed by atoms with Crippen molar-refractivity contribution in [1.82, 2.24) is 0 Å². The first-order valence-electron chi connectivity index (χ1n) is 4.51. The average molecular weight is 195 g/mol. The van der Waals surface area contributed by atoms with Gasteiger partial charge in [-0.05, 0) is 0 Å². The lowest BCUT2D eigenvalue weighted by atomic mass is 10.0. The number of phenolic OH excluding ortho intramolecular Hbond substituents is 1. The second kappa shape index (κ2) is 3.38. The van der Waals surface area contributed by atoms with Crippen LogP contribution >= 0.6 is 0 Å². The molecule has 0 spiro atoms. The fourth-order valence-electron chi connectivity index (χ4n) is 1.64. The summed E-state index contributed by atoms with van der Waals surface area (Å²) in [5.41, 5.74) is 6.54. The molecule has 3 N–H and O–H groups in total. The lowest BCUT2D eigenvalue weighted by Crippen LogP contribution is -2.20. The normalized spacial score (nSPS) is 19.7. The first-order valence-corrected chi connectivity index (χ1v) is 4.51. The monoisotopic (exact) mass is 195 g/mol. The van der Waals surface area contributed by atoms with Crippen molar-refractivity contribution in [2.45, 2.75) is 12.5 Å². The summed E-state index contributed by atoms with van der Waals surface area (Å²) in [4.78, 5) is 0. The highest BCUT2D eigenvalue weighted by Gasteiger charge is 2.22. The molecule has 0 bridgehead atoms. The number of methoxy groups -OCH3 is 1. The maximum atomic E-state index is 9.70. The van der Waals surface area contributed by atoms with Crippen LogP contribution in [0.5, 0.6) is 17.2 Å². The van der Waals surface area contributed by atoms with E-state index in [1.54, 1.807) is 19.2 Å². The third-order valence-electron chi connectivity index (χ3n) is 2.39.